The molecular formula is C29H39N5O8S. The van der Waals surface area contributed by atoms with Crippen molar-refractivity contribution in [3.63, 3.8) is 0 Å². The molecule has 234 valence electrons. The summed E-state index contributed by atoms with van der Waals surface area (Å²) in [6.07, 6.45) is 10.4. The Kier molecular flexibility index (Phi) is 9.23. The fourth-order valence-corrected chi connectivity index (χ4v) is 7.14. The maximum absolute atomic E-state index is 14.0. The van der Waals surface area contributed by atoms with Crippen molar-refractivity contribution in [1.82, 2.24) is 25.2 Å². The third kappa shape index (κ3) is 7.28. The van der Waals surface area contributed by atoms with Crippen molar-refractivity contribution in [2.75, 3.05) is 13.2 Å². The molecule has 2 aliphatic heterocycles. The monoisotopic (exact) mass is 617 g/mol. The minimum absolute atomic E-state index is 0.0683. The molecule has 43 heavy (non-hydrogen) atoms. The fourth-order valence-electron chi connectivity index (χ4n) is 5.77. The van der Waals surface area contributed by atoms with Crippen LogP contribution in [-0.4, -0.2) is 84.2 Å². The van der Waals surface area contributed by atoms with Gasteiger partial charge in [-0.1, -0.05) is 25.0 Å². The van der Waals surface area contributed by atoms with E-state index in [0.717, 1.165) is 19.3 Å². The molecule has 3 fully saturated rings. The summed E-state index contributed by atoms with van der Waals surface area (Å²) >= 11 is 0. The lowest BCUT2D eigenvalue weighted by atomic mass is 10.1. The molecule has 1 saturated heterocycles. The van der Waals surface area contributed by atoms with Gasteiger partial charge in [0.2, 0.25) is 21.8 Å². The number of carbonyl (C=O) groups excluding carboxylic acids is 4. The van der Waals surface area contributed by atoms with E-state index >= 15 is 0 Å². The molecule has 4 aliphatic rings. The van der Waals surface area contributed by atoms with Crippen molar-refractivity contribution in [3.05, 3.63) is 36.7 Å². The van der Waals surface area contributed by atoms with Crippen molar-refractivity contribution in [2.45, 2.75) is 93.7 Å². The second-order valence-electron chi connectivity index (χ2n) is 11.6. The van der Waals surface area contributed by atoms with E-state index in [1.807, 2.05) is 12.2 Å². The number of carbonyl (C=O) groups is 4. The van der Waals surface area contributed by atoms with E-state index in [1.165, 1.54) is 4.90 Å². The molecule has 5 atom stereocenters. The summed E-state index contributed by atoms with van der Waals surface area (Å²) in [5, 5.41) is 4.89. The van der Waals surface area contributed by atoms with Gasteiger partial charge in [0.15, 0.2) is 0 Å². The van der Waals surface area contributed by atoms with Crippen LogP contribution in [0.3, 0.4) is 0 Å². The van der Waals surface area contributed by atoms with Crippen molar-refractivity contribution in [1.29, 1.82) is 0 Å². The number of sulfonamides is 1. The molecule has 4 amide bonds. The molecular weight excluding hydrogens is 578 g/mol. The van der Waals surface area contributed by atoms with Gasteiger partial charge in [-0.05, 0) is 57.6 Å². The van der Waals surface area contributed by atoms with E-state index in [2.05, 4.69) is 20.3 Å². The summed E-state index contributed by atoms with van der Waals surface area (Å²) in [4.78, 5) is 59.1. The van der Waals surface area contributed by atoms with Crippen LogP contribution in [0, 0.1) is 5.92 Å². The third-order valence-electron chi connectivity index (χ3n) is 8.36. The Balaban J connectivity index is 1.42. The van der Waals surface area contributed by atoms with Crippen LogP contribution in [0.15, 0.2) is 36.7 Å². The zero-order valence-electron chi connectivity index (χ0n) is 24.2. The highest BCUT2D eigenvalue weighted by molar-refractivity contribution is 7.91. The second-order valence-corrected chi connectivity index (χ2v) is 13.6. The van der Waals surface area contributed by atoms with E-state index in [4.69, 9.17) is 9.47 Å². The number of aromatic nitrogens is 1. The van der Waals surface area contributed by atoms with Gasteiger partial charge in [0.25, 0.3) is 5.91 Å². The smallest absolute Gasteiger partial charge is 0.407 e. The van der Waals surface area contributed by atoms with Crippen LogP contribution in [0.1, 0.15) is 64.7 Å². The van der Waals surface area contributed by atoms with Crippen LogP contribution in [0.4, 0.5) is 4.79 Å². The molecule has 0 spiro atoms. The minimum atomic E-state index is -3.84. The van der Waals surface area contributed by atoms with E-state index in [-0.39, 0.29) is 31.9 Å². The molecule has 3 N–H and O–H groups in total. The number of hydrogen-bond acceptors (Lipinski definition) is 9. The molecule has 13 nitrogen and oxygen atoms in total. The molecule has 0 radical (unpaired) electrons. The highest BCUT2D eigenvalue weighted by Crippen LogP contribution is 2.46. The Morgan fingerprint density at radius 1 is 1.14 bits per heavy atom. The number of allylic oxidation sites excluding steroid dienone is 1. The van der Waals surface area contributed by atoms with Gasteiger partial charge in [0.05, 0.1) is 18.4 Å². The molecule has 0 bridgehead atoms. The summed E-state index contributed by atoms with van der Waals surface area (Å²) in [5.41, 5.74) is -1.45. The molecule has 0 aromatic carbocycles. The third-order valence-corrected chi connectivity index (χ3v) is 10.2. The zero-order valence-corrected chi connectivity index (χ0v) is 25.0. The Morgan fingerprint density at radius 2 is 1.91 bits per heavy atom. The first kappa shape index (κ1) is 30.8. The van der Waals surface area contributed by atoms with Gasteiger partial charge >= 0.3 is 6.09 Å². The summed E-state index contributed by atoms with van der Waals surface area (Å²) in [7, 11) is -3.84. The Hall–Kier alpha value is -3.68. The van der Waals surface area contributed by atoms with Crippen molar-refractivity contribution < 1.29 is 37.1 Å². The molecule has 2 aliphatic carbocycles. The van der Waals surface area contributed by atoms with E-state index in [1.54, 1.807) is 31.5 Å². The molecule has 1 aromatic heterocycles. The molecule has 14 heteroatoms. The highest BCUT2D eigenvalue weighted by atomic mass is 32.2. The van der Waals surface area contributed by atoms with Gasteiger partial charge in [-0.25, -0.2) is 13.2 Å². The van der Waals surface area contributed by atoms with Crippen molar-refractivity contribution in [3.8, 4) is 5.75 Å². The number of rotatable bonds is 7. The lowest BCUT2D eigenvalue weighted by Gasteiger charge is -2.29. The van der Waals surface area contributed by atoms with Gasteiger partial charge in [-0.15, -0.1) is 0 Å². The van der Waals surface area contributed by atoms with Gasteiger partial charge < -0.3 is 25.0 Å². The van der Waals surface area contributed by atoms with Crippen LogP contribution in [0.5, 0.6) is 5.75 Å². The Bertz CT molecular complexity index is 1350. The molecule has 5 rings (SSSR count). The first-order chi connectivity index (χ1) is 20.6. The topological polar surface area (TPSA) is 173 Å². The largest absolute Gasteiger partial charge is 0.488 e. The van der Waals surface area contributed by atoms with E-state index < -0.39 is 62.8 Å². The number of amides is 4. The molecule has 3 heterocycles. The normalized spacial score (nSPS) is 29.7. The second kappa shape index (κ2) is 12.9. The quantitative estimate of drug-likeness (QED) is 0.384. The maximum Gasteiger partial charge on any atom is 0.407 e. The van der Waals surface area contributed by atoms with Crippen molar-refractivity contribution >= 4 is 33.8 Å². The predicted octanol–water partition coefficient (Wildman–Crippen LogP) is 1.55. The fraction of sp³-hybridized carbons (Fsp3) is 0.621. The number of ether oxygens (including phenoxy) is 2. The van der Waals surface area contributed by atoms with Crippen LogP contribution in [0.2, 0.25) is 0 Å². The SMILES string of the molecule is CCOC(=O)NC1CCCCCC=CC2CC2(C(=O)NS(=O)(=O)C2CC2)NC(=O)C2CC(Oc3ccncc3)CN2C1=O. The lowest BCUT2D eigenvalue weighted by Crippen LogP contribution is -2.58. The summed E-state index contributed by atoms with van der Waals surface area (Å²) in [6.45, 7) is 1.87. The van der Waals surface area contributed by atoms with Gasteiger partial charge in [0.1, 0.15) is 29.5 Å². The molecule has 1 aromatic rings. The number of nitrogens with zero attached hydrogens (tertiary/aromatic N) is 2. The van der Waals surface area contributed by atoms with Crippen LogP contribution in [0.25, 0.3) is 0 Å². The molecule has 2 saturated carbocycles. The van der Waals surface area contributed by atoms with Gasteiger partial charge in [0, 0.05) is 24.7 Å². The summed E-state index contributed by atoms with van der Waals surface area (Å²) in [6, 6.07) is 1.39. The minimum Gasteiger partial charge on any atom is -0.488 e. The number of hydrogen-bond donors (Lipinski definition) is 3. The predicted molar refractivity (Wildman–Crippen MR) is 154 cm³/mol. The Morgan fingerprint density at radius 3 is 2.63 bits per heavy atom. The van der Waals surface area contributed by atoms with Gasteiger partial charge in [-0.3, -0.25) is 24.1 Å². The Labute approximate surface area is 251 Å². The first-order valence-corrected chi connectivity index (χ1v) is 16.5. The lowest BCUT2D eigenvalue weighted by molar-refractivity contribution is -0.141. The molecule has 5 unspecified atom stereocenters. The van der Waals surface area contributed by atoms with Gasteiger partial charge in [-0.2, -0.15) is 0 Å². The summed E-state index contributed by atoms with van der Waals surface area (Å²) < 4.78 is 38.6. The standard InChI is InChI=1S/C29H39N5O8S/c1-2-41-28(38)31-23-9-7-5-3-4-6-8-19-17-29(19,27(37)33-43(39,40)22-10-11-22)32-25(35)24-16-21(18-34(24)26(23)36)42-20-12-14-30-15-13-20/h6,8,12-15,19,21-24H,2-5,7,9-11,16-18H2,1H3,(H,31,38)(H,32,35)(H,33,37). The van der Waals surface area contributed by atoms with E-state index in [9.17, 15) is 27.6 Å². The number of alkyl carbamates (subject to hydrolysis) is 1. The number of fused-ring (bicyclic) bond motifs is 2. The summed E-state index contributed by atoms with van der Waals surface area (Å²) in [5.74, 6) is -1.68. The number of pyridine rings is 1. The van der Waals surface area contributed by atoms with Crippen LogP contribution in [-0.2, 0) is 29.1 Å². The van der Waals surface area contributed by atoms with E-state index in [0.29, 0.717) is 31.4 Å². The first-order valence-electron chi connectivity index (χ1n) is 15.0. The van der Waals surface area contributed by atoms with Crippen LogP contribution >= 0.6 is 0 Å². The van der Waals surface area contributed by atoms with Crippen LogP contribution < -0.4 is 20.1 Å². The number of nitrogens with one attached hydrogen (secondary N) is 3. The zero-order chi connectivity index (χ0) is 30.6. The average Bonchev–Trinajstić information content (AvgIpc) is 3.89. The maximum atomic E-state index is 14.0. The highest BCUT2D eigenvalue weighted by Gasteiger charge is 2.62. The average molecular weight is 618 g/mol. The van der Waals surface area contributed by atoms with Crippen molar-refractivity contribution in [2.24, 2.45) is 5.92 Å².